The molecule has 2 heterocycles. The van der Waals surface area contributed by atoms with Gasteiger partial charge in [-0.1, -0.05) is 59.1 Å². The first-order valence-electron chi connectivity index (χ1n) is 5.87. The van der Waals surface area contributed by atoms with E-state index >= 15 is 0 Å². The minimum Gasteiger partial charge on any atom is -0.219 e. The van der Waals surface area contributed by atoms with Crippen LogP contribution in [0, 0.1) is 0 Å². The molecule has 5 nitrogen and oxygen atoms in total. The molecular weight excluding hydrogens is 246 g/mol. The Morgan fingerprint density at radius 2 is 2.22 bits per heavy atom. The van der Waals surface area contributed by atoms with Crippen LogP contribution in [0.2, 0.25) is 0 Å². The second-order valence-electron chi connectivity index (χ2n) is 4.24. The first-order chi connectivity index (χ1) is 8.84. The fourth-order valence-electron chi connectivity index (χ4n) is 1.87. The largest absolute Gasteiger partial charge is 0.477 e. The maximum atomic E-state index is 4.19. The van der Waals surface area contributed by atoms with Crippen LogP contribution in [0.5, 0.6) is 0 Å². The molecule has 1 aliphatic rings. The van der Waals surface area contributed by atoms with Crippen LogP contribution < -0.4 is 4.68 Å². The van der Waals surface area contributed by atoms with E-state index in [1.54, 1.807) is 18.1 Å². The Labute approximate surface area is 109 Å². The van der Waals surface area contributed by atoms with Crippen molar-refractivity contribution < 1.29 is 4.68 Å². The van der Waals surface area contributed by atoms with Gasteiger partial charge >= 0.3 is 5.95 Å². The highest BCUT2D eigenvalue weighted by atomic mass is 32.2. The fourth-order valence-corrected chi connectivity index (χ4v) is 2.95. The zero-order valence-electron chi connectivity index (χ0n) is 10.0. The number of thioether (sulfide) groups is 1. The Hall–Kier alpha value is -1.69. The molecule has 2 atom stereocenters. The summed E-state index contributed by atoms with van der Waals surface area (Å²) in [6, 6.07) is 10.5. The van der Waals surface area contributed by atoms with Crippen LogP contribution in [0.25, 0.3) is 0 Å². The molecule has 0 aliphatic carbocycles. The number of nitrogens with zero attached hydrogens (tertiary/aromatic N) is 4. The summed E-state index contributed by atoms with van der Waals surface area (Å²) in [5.41, 5.74) is 1.35. The van der Waals surface area contributed by atoms with E-state index in [0.29, 0.717) is 11.9 Å². The Morgan fingerprint density at radius 1 is 1.39 bits per heavy atom. The van der Waals surface area contributed by atoms with Crippen LogP contribution >= 0.6 is 11.8 Å². The molecule has 0 radical (unpaired) electrons. The lowest BCUT2D eigenvalue weighted by Crippen LogP contribution is -2.36. The van der Waals surface area contributed by atoms with Crippen molar-refractivity contribution in [2.24, 2.45) is 10.2 Å². The van der Waals surface area contributed by atoms with E-state index in [4.69, 9.17) is 0 Å². The number of aromatic amines is 1. The van der Waals surface area contributed by atoms with Gasteiger partial charge in [0.25, 0.3) is 5.50 Å². The zero-order valence-corrected chi connectivity index (χ0v) is 10.8. The van der Waals surface area contributed by atoms with Gasteiger partial charge in [0.15, 0.2) is 6.33 Å². The van der Waals surface area contributed by atoms with Gasteiger partial charge in [-0.25, -0.2) is 5.10 Å². The van der Waals surface area contributed by atoms with Gasteiger partial charge < -0.3 is 0 Å². The molecule has 6 heteroatoms. The zero-order chi connectivity index (χ0) is 12.4. The van der Waals surface area contributed by atoms with E-state index in [0.717, 1.165) is 5.75 Å². The number of aromatic nitrogens is 3. The molecular formula is C12H14N5S+. The second-order valence-corrected chi connectivity index (χ2v) is 5.33. The molecule has 0 fully saturated rings. The van der Waals surface area contributed by atoms with Crippen molar-refractivity contribution in [3.63, 3.8) is 0 Å². The van der Waals surface area contributed by atoms with Crippen molar-refractivity contribution in [2.75, 3.05) is 5.75 Å². The summed E-state index contributed by atoms with van der Waals surface area (Å²) in [6.07, 6.45) is 1.64. The molecule has 0 bridgehead atoms. The number of H-pyrrole nitrogens is 1. The van der Waals surface area contributed by atoms with Crippen LogP contribution in [-0.4, -0.2) is 15.8 Å². The Balaban J connectivity index is 1.62. The average Bonchev–Trinajstić information content (AvgIpc) is 3.00. The maximum Gasteiger partial charge on any atom is 0.477 e. The molecule has 92 valence electrons. The molecule has 0 saturated heterocycles. The molecule has 1 aromatic heterocycles. The summed E-state index contributed by atoms with van der Waals surface area (Å²) < 4.78 is 1.88. The summed E-state index contributed by atoms with van der Waals surface area (Å²) in [5, 5.41) is 11.2. The van der Waals surface area contributed by atoms with E-state index in [1.165, 1.54) is 5.56 Å². The number of azo groups is 1. The number of benzene rings is 1. The maximum absolute atomic E-state index is 4.19. The van der Waals surface area contributed by atoms with Crippen LogP contribution in [0.3, 0.4) is 0 Å². The summed E-state index contributed by atoms with van der Waals surface area (Å²) in [7, 11) is 0. The quantitative estimate of drug-likeness (QED) is 0.859. The van der Waals surface area contributed by atoms with Gasteiger partial charge in [-0.2, -0.15) is 0 Å². The molecule has 1 N–H and O–H groups in total. The van der Waals surface area contributed by atoms with Gasteiger partial charge in [-0.05, 0) is 11.5 Å². The van der Waals surface area contributed by atoms with E-state index in [2.05, 4.69) is 51.5 Å². The number of hydrogen-bond donors (Lipinski definition) is 1. The van der Waals surface area contributed by atoms with Gasteiger partial charge in [0.05, 0.1) is 5.11 Å². The molecule has 0 spiro atoms. The number of nitrogens with one attached hydrogen (secondary N) is 1. The van der Waals surface area contributed by atoms with Gasteiger partial charge in [0, 0.05) is 5.75 Å². The van der Waals surface area contributed by atoms with Crippen molar-refractivity contribution >= 4 is 17.7 Å². The number of rotatable bonds is 4. The smallest absolute Gasteiger partial charge is 0.219 e. The van der Waals surface area contributed by atoms with Crippen molar-refractivity contribution in [3.05, 3.63) is 42.2 Å². The predicted molar refractivity (Wildman–Crippen MR) is 69.7 cm³/mol. The summed E-state index contributed by atoms with van der Waals surface area (Å²) in [6.45, 7) is 2.23. The molecule has 0 saturated carbocycles. The Kier molecular flexibility index (Phi) is 3.10. The predicted octanol–water partition coefficient (Wildman–Crippen LogP) is 2.79. The summed E-state index contributed by atoms with van der Waals surface area (Å²) in [4.78, 5) is 4.07. The highest BCUT2D eigenvalue weighted by molar-refractivity contribution is 7.99. The molecule has 1 aliphatic heterocycles. The molecule has 2 aromatic rings. The van der Waals surface area contributed by atoms with E-state index in [1.807, 2.05) is 10.7 Å². The molecule has 3 rings (SSSR count). The number of fused-ring (bicyclic) bond motifs is 1. The molecule has 1 unspecified atom stereocenters. The SMILES string of the molecule is C[C@@H](CSC1N=Nc2nc[nH][n+]21)c1ccccc1. The topological polar surface area (TPSA) is 57.3 Å². The highest BCUT2D eigenvalue weighted by Crippen LogP contribution is 2.30. The minimum absolute atomic E-state index is 0.00587. The van der Waals surface area contributed by atoms with Crippen molar-refractivity contribution in [3.8, 4) is 0 Å². The average molecular weight is 260 g/mol. The van der Waals surface area contributed by atoms with Crippen LogP contribution in [0.1, 0.15) is 23.9 Å². The third-order valence-electron chi connectivity index (χ3n) is 2.92. The Bertz CT molecular complexity index is 551. The number of hydrogen-bond acceptors (Lipinski definition) is 4. The van der Waals surface area contributed by atoms with Gasteiger partial charge in [0.2, 0.25) is 0 Å². The summed E-state index contributed by atoms with van der Waals surface area (Å²) >= 11 is 1.77. The first kappa shape index (κ1) is 11.4. The van der Waals surface area contributed by atoms with Crippen molar-refractivity contribution in [1.82, 2.24) is 10.1 Å². The summed E-state index contributed by atoms with van der Waals surface area (Å²) in [5.74, 6) is 2.15. The van der Waals surface area contributed by atoms with Crippen LogP contribution in [0.15, 0.2) is 46.9 Å². The normalized spacial score (nSPS) is 18.8. The van der Waals surface area contributed by atoms with Crippen LogP contribution in [-0.2, 0) is 0 Å². The van der Waals surface area contributed by atoms with Gasteiger partial charge in [0.1, 0.15) is 0 Å². The monoisotopic (exact) mass is 260 g/mol. The van der Waals surface area contributed by atoms with Crippen molar-refractivity contribution in [1.29, 1.82) is 0 Å². The van der Waals surface area contributed by atoms with Gasteiger partial charge in [-0.3, -0.25) is 0 Å². The third-order valence-corrected chi connectivity index (χ3v) is 4.22. The van der Waals surface area contributed by atoms with Gasteiger partial charge in [-0.15, -0.1) is 4.68 Å². The van der Waals surface area contributed by atoms with E-state index < -0.39 is 0 Å². The molecule has 1 aromatic carbocycles. The standard InChI is InChI=1S/C12H13N5S/c1-9(10-5-3-2-4-6-10)7-18-12-16-15-11-13-8-14-17(11)12/h2-6,8-9,12H,7H2,1H3/p+1/t9-,12?/m0/s1. The lowest BCUT2D eigenvalue weighted by molar-refractivity contribution is -0.733. The minimum atomic E-state index is -0.00587. The fraction of sp³-hybridized carbons (Fsp3) is 0.333. The second kappa shape index (κ2) is 4.89. The molecule has 0 amide bonds. The van der Waals surface area contributed by atoms with E-state index in [9.17, 15) is 0 Å². The molecule has 18 heavy (non-hydrogen) atoms. The third kappa shape index (κ3) is 2.15. The lowest BCUT2D eigenvalue weighted by Gasteiger charge is -2.11. The van der Waals surface area contributed by atoms with E-state index in [-0.39, 0.29) is 5.50 Å². The Morgan fingerprint density at radius 3 is 3.06 bits per heavy atom. The van der Waals surface area contributed by atoms with Crippen molar-refractivity contribution in [2.45, 2.75) is 18.3 Å². The highest BCUT2D eigenvalue weighted by Gasteiger charge is 2.30. The van der Waals surface area contributed by atoms with Crippen LogP contribution in [0.4, 0.5) is 5.95 Å². The lowest BCUT2D eigenvalue weighted by atomic mass is 10.0. The first-order valence-corrected chi connectivity index (χ1v) is 6.92.